The summed E-state index contributed by atoms with van der Waals surface area (Å²) in [6.07, 6.45) is 0. The van der Waals surface area contributed by atoms with Crippen LogP contribution >= 0.6 is 0 Å². The summed E-state index contributed by atoms with van der Waals surface area (Å²) >= 11 is 0. The summed E-state index contributed by atoms with van der Waals surface area (Å²) < 4.78 is 15.2. The maximum absolute atomic E-state index is 13.3. The lowest BCUT2D eigenvalue weighted by Gasteiger charge is -2.13. The Morgan fingerprint density at radius 1 is 1.04 bits per heavy atom. The van der Waals surface area contributed by atoms with Gasteiger partial charge in [-0.2, -0.15) is 0 Å². The van der Waals surface area contributed by atoms with E-state index in [-0.39, 0.29) is 5.82 Å². The Balaban J connectivity index is 1.90. The molecule has 0 aliphatic heterocycles. The number of rotatable bonds is 5. The Morgan fingerprint density at radius 2 is 1.81 bits per heavy atom. The second kappa shape index (κ2) is 6.68. The molecule has 26 heavy (non-hydrogen) atoms. The van der Waals surface area contributed by atoms with Crippen LogP contribution in [0.5, 0.6) is 0 Å². The molecule has 1 N–H and O–H groups in total. The number of halogens is 1. The summed E-state index contributed by atoms with van der Waals surface area (Å²) in [4.78, 5) is 6.85. The number of likely N-dealkylation sites (N-methyl/N-ethyl adjacent to an activating group) is 1. The van der Waals surface area contributed by atoms with Crippen molar-refractivity contribution in [1.82, 2.24) is 24.5 Å². The minimum absolute atomic E-state index is 0.282. The average Bonchev–Trinajstić information content (AvgIpc) is 3.08. The molecule has 0 aliphatic carbocycles. The van der Waals surface area contributed by atoms with E-state index in [0.717, 1.165) is 35.2 Å². The van der Waals surface area contributed by atoms with Gasteiger partial charge in [-0.1, -0.05) is 12.1 Å². The number of nitrogens with one attached hydrogen (secondary N) is 1. The highest BCUT2D eigenvalue weighted by atomic mass is 19.1. The summed E-state index contributed by atoms with van der Waals surface area (Å²) in [7, 11) is 4.04. The molecular weight excluding hydrogens is 331 g/mol. The number of aromatic nitrogens is 4. The van der Waals surface area contributed by atoms with Crippen LogP contribution in [0.2, 0.25) is 0 Å². The first-order chi connectivity index (χ1) is 12.6. The van der Waals surface area contributed by atoms with E-state index in [9.17, 15) is 4.39 Å². The molecule has 4 rings (SSSR count). The topological polar surface area (TPSA) is 58.3 Å². The standard InChI is InChI=1S/C19H19FN6/c1-25(2)12-11-21-19-22-16-6-4-3-5-15(16)18-24-23-17(26(18)19)13-7-9-14(20)10-8-13/h3-10H,11-12H2,1-2H3,(H,21,22). The molecule has 0 unspecified atom stereocenters. The molecule has 0 atom stereocenters. The van der Waals surface area contributed by atoms with Crippen molar-refractivity contribution in [2.24, 2.45) is 0 Å². The zero-order valence-electron chi connectivity index (χ0n) is 14.6. The fraction of sp³-hybridized carbons (Fsp3) is 0.211. The van der Waals surface area contributed by atoms with Crippen molar-refractivity contribution in [3.05, 3.63) is 54.3 Å². The lowest BCUT2D eigenvalue weighted by Crippen LogP contribution is -2.22. The molecule has 6 nitrogen and oxygen atoms in total. The van der Waals surface area contributed by atoms with Gasteiger partial charge in [0, 0.05) is 24.0 Å². The lowest BCUT2D eigenvalue weighted by atomic mass is 10.2. The van der Waals surface area contributed by atoms with Crippen LogP contribution in [-0.4, -0.2) is 51.7 Å². The van der Waals surface area contributed by atoms with Gasteiger partial charge < -0.3 is 10.2 Å². The fourth-order valence-corrected chi connectivity index (χ4v) is 2.88. The zero-order valence-corrected chi connectivity index (χ0v) is 14.6. The van der Waals surface area contributed by atoms with Crippen LogP contribution in [0.4, 0.5) is 10.3 Å². The normalized spacial score (nSPS) is 11.5. The van der Waals surface area contributed by atoms with Crippen LogP contribution < -0.4 is 5.32 Å². The van der Waals surface area contributed by atoms with Crippen LogP contribution in [0.3, 0.4) is 0 Å². The van der Waals surface area contributed by atoms with E-state index in [1.54, 1.807) is 12.1 Å². The van der Waals surface area contributed by atoms with E-state index < -0.39 is 0 Å². The van der Waals surface area contributed by atoms with Crippen LogP contribution in [0.15, 0.2) is 48.5 Å². The minimum Gasteiger partial charge on any atom is -0.354 e. The highest BCUT2D eigenvalue weighted by Gasteiger charge is 2.16. The quantitative estimate of drug-likeness (QED) is 0.599. The zero-order chi connectivity index (χ0) is 18.1. The smallest absolute Gasteiger partial charge is 0.211 e. The largest absolute Gasteiger partial charge is 0.354 e. The van der Waals surface area contributed by atoms with Crippen LogP contribution in [-0.2, 0) is 0 Å². The molecule has 0 amide bonds. The first-order valence-corrected chi connectivity index (χ1v) is 8.42. The predicted molar refractivity (Wildman–Crippen MR) is 101 cm³/mol. The van der Waals surface area contributed by atoms with E-state index in [0.29, 0.717) is 11.8 Å². The molecule has 0 fully saturated rings. The lowest BCUT2D eigenvalue weighted by molar-refractivity contribution is 0.425. The Bertz CT molecular complexity index is 1050. The van der Waals surface area contributed by atoms with Gasteiger partial charge in [0.05, 0.1) is 5.52 Å². The molecular formula is C19H19FN6. The molecule has 0 aliphatic rings. The molecule has 4 aromatic rings. The highest BCUT2D eigenvalue weighted by Crippen LogP contribution is 2.26. The van der Waals surface area contributed by atoms with Gasteiger partial charge in [-0.3, -0.25) is 0 Å². The van der Waals surface area contributed by atoms with Crippen LogP contribution in [0, 0.1) is 5.82 Å². The Hall–Kier alpha value is -3.06. The van der Waals surface area contributed by atoms with Gasteiger partial charge in [0.25, 0.3) is 0 Å². The SMILES string of the molecule is CN(C)CCNc1nc2ccccc2c2nnc(-c3ccc(F)cc3)n12. The number of anilines is 1. The Labute approximate surface area is 150 Å². The summed E-state index contributed by atoms with van der Waals surface area (Å²) in [6.45, 7) is 1.60. The van der Waals surface area contributed by atoms with Crippen LogP contribution in [0.1, 0.15) is 0 Å². The highest BCUT2D eigenvalue weighted by molar-refractivity contribution is 5.93. The van der Waals surface area contributed by atoms with Gasteiger partial charge in [-0.25, -0.2) is 13.8 Å². The number of hydrogen-bond donors (Lipinski definition) is 1. The van der Waals surface area contributed by atoms with Gasteiger partial charge in [0.2, 0.25) is 5.95 Å². The first-order valence-electron chi connectivity index (χ1n) is 8.42. The summed E-state index contributed by atoms with van der Waals surface area (Å²) in [5.74, 6) is 1.02. The van der Waals surface area contributed by atoms with Crippen molar-refractivity contribution in [2.45, 2.75) is 0 Å². The van der Waals surface area contributed by atoms with Crippen LogP contribution in [0.25, 0.3) is 27.9 Å². The third-order valence-corrected chi connectivity index (χ3v) is 4.19. The molecule has 2 heterocycles. The minimum atomic E-state index is -0.282. The van der Waals surface area contributed by atoms with E-state index in [2.05, 4.69) is 20.4 Å². The Morgan fingerprint density at radius 3 is 2.58 bits per heavy atom. The van der Waals surface area contributed by atoms with Gasteiger partial charge >= 0.3 is 0 Å². The number of benzene rings is 2. The molecule has 2 aromatic carbocycles. The van der Waals surface area contributed by atoms with Crippen molar-refractivity contribution in [2.75, 3.05) is 32.5 Å². The summed E-state index contributed by atoms with van der Waals surface area (Å²) in [5, 5.41) is 13.0. The maximum Gasteiger partial charge on any atom is 0.211 e. The molecule has 0 saturated heterocycles. The number of hydrogen-bond acceptors (Lipinski definition) is 5. The number of nitrogens with zero attached hydrogens (tertiary/aromatic N) is 5. The molecule has 0 spiro atoms. The van der Waals surface area contributed by atoms with E-state index in [1.165, 1.54) is 12.1 Å². The number of fused-ring (bicyclic) bond motifs is 3. The number of para-hydroxylation sites is 1. The van der Waals surface area contributed by atoms with Crippen molar-refractivity contribution < 1.29 is 4.39 Å². The van der Waals surface area contributed by atoms with E-state index in [4.69, 9.17) is 4.98 Å². The molecule has 0 saturated carbocycles. The summed E-state index contributed by atoms with van der Waals surface area (Å²) in [6, 6.07) is 14.1. The van der Waals surface area contributed by atoms with Crippen molar-refractivity contribution in [3.8, 4) is 11.4 Å². The van der Waals surface area contributed by atoms with Crippen molar-refractivity contribution in [3.63, 3.8) is 0 Å². The maximum atomic E-state index is 13.3. The monoisotopic (exact) mass is 350 g/mol. The van der Waals surface area contributed by atoms with E-state index in [1.807, 2.05) is 42.8 Å². The third-order valence-electron chi connectivity index (χ3n) is 4.19. The first kappa shape index (κ1) is 16.4. The van der Waals surface area contributed by atoms with Gasteiger partial charge in [0.1, 0.15) is 5.82 Å². The second-order valence-electron chi connectivity index (χ2n) is 6.37. The Kier molecular flexibility index (Phi) is 4.22. The molecule has 7 heteroatoms. The molecule has 0 bridgehead atoms. The fourth-order valence-electron chi connectivity index (χ4n) is 2.88. The van der Waals surface area contributed by atoms with Crippen molar-refractivity contribution >= 4 is 22.5 Å². The van der Waals surface area contributed by atoms with Gasteiger partial charge in [-0.15, -0.1) is 10.2 Å². The van der Waals surface area contributed by atoms with Gasteiger partial charge in [-0.05, 0) is 50.5 Å². The van der Waals surface area contributed by atoms with Crippen molar-refractivity contribution in [1.29, 1.82) is 0 Å². The van der Waals surface area contributed by atoms with E-state index >= 15 is 0 Å². The summed E-state index contributed by atoms with van der Waals surface area (Å²) in [5.41, 5.74) is 2.36. The predicted octanol–water partition coefficient (Wildman–Crippen LogP) is 3.06. The molecule has 0 radical (unpaired) electrons. The van der Waals surface area contributed by atoms with Gasteiger partial charge in [0.15, 0.2) is 11.5 Å². The molecule has 132 valence electrons. The average molecular weight is 350 g/mol. The molecule has 2 aromatic heterocycles. The second-order valence-corrected chi connectivity index (χ2v) is 6.37. The third kappa shape index (κ3) is 2.97.